The number of pyridine rings is 1. The van der Waals surface area contributed by atoms with Gasteiger partial charge in [0, 0.05) is 17.8 Å². The fourth-order valence-corrected chi connectivity index (χ4v) is 1.67. The maximum atomic E-state index is 12.9. The zero-order valence-electron chi connectivity index (χ0n) is 12.6. The summed E-state index contributed by atoms with van der Waals surface area (Å²) in [6.07, 6.45) is -3.24. The first-order valence-corrected chi connectivity index (χ1v) is 6.56. The van der Waals surface area contributed by atoms with E-state index in [0.29, 0.717) is 5.56 Å². The Morgan fingerprint density at radius 3 is 2.57 bits per heavy atom. The number of amides is 1. The van der Waals surface area contributed by atoms with Crippen LogP contribution in [0.1, 0.15) is 38.1 Å². The predicted octanol–water partition coefficient (Wildman–Crippen LogP) is 1.45. The molecule has 0 aliphatic heterocycles. The first-order valence-electron chi connectivity index (χ1n) is 6.56. The molecule has 0 bridgehead atoms. The summed E-state index contributed by atoms with van der Waals surface area (Å²) < 4.78 is 17.9. The Labute approximate surface area is 123 Å². The van der Waals surface area contributed by atoms with Crippen molar-refractivity contribution < 1.29 is 24.1 Å². The summed E-state index contributed by atoms with van der Waals surface area (Å²) in [7, 11) is 0. The minimum atomic E-state index is -1.28. The fraction of sp³-hybridized carbons (Fsp3) is 0.571. The molecule has 6 nitrogen and oxygen atoms in total. The van der Waals surface area contributed by atoms with Gasteiger partial charge in [0.1, 0.15) is 17.8 Å². The van der Waals surface area contributed by atoms with Gasteiger partial charge in [-0.1, -0.05) is 0 Å². The molecule has 118 valence electrons. The van der Waals surface area contributed by atoms with Crippen LogP contribution in [0.25, 0.3) is 0 Å². The molecule has 1 aromatic heterocycles. The Balaban J connectivity index is 2.59. The van der Waals surface area contributed by atoms with Crippen LogP contribution in [0.15, 0.2) is 12.1 Å². The number of aliphatic hydroxyl groups excluding tert-OH is 2. The second-order valence-electron chi connectivity index (χ2n) is 5.70. The van der Waals surface area contributed by atoms with Crippen LogP contribution in [0.5, 0.6) is 0 Å². The van der Waals surface area contributed by atoms with E-state index in [-0.39, 0.29) is 12.2 Å². The maximum Gasteiger partial charge on any atom is 0.407 e. The number of hydrogen-bond donors (Lipinski definition) is 3. The van der Waals surface area contributed by atoms with Crippen molar-refractivity contribution in [3.63, 3.8) is 0 Å². The molecular weight excluding hydrogens is 279 g/mol. The Morgan fingerprint density at radius 1 is 1.43 bits per heavy atom. The van der Waals surface area contributed by atoms with E-state index >= 15 is 0 Å². The molecule has 3 N–H and O–H groups in total. The summed E-state index contributed by atoms with van der Waals surface area (Å²) in [6.45, 7) is 6.46. The van der Waals surface area contributed by atoms with Crippen molar-refractivity contribution >= 4 is 6.09 Å². The standard InChI is InChI=1S/C14H21FN2O4/c1-8-9(5-6-11(15)17-8)12(19)10(18)7-16-13(20)21-14(2,3)4/h5-6,10,12,18-19H,7H2,1-4H3,(H,16,20). The smallest absolute Gasteiger partial charge is 0.407 e. The summed E-state index contributed by atoms with van der Waals surface area (Å²) in [5, 5.41) is 22.2. The van der Waals surface area contributed by atoms with E-state index in [1.165, 1.54) is 13.0 Å². The second-order valence-corrected chi connectivity index (χ2v) is 5.70. The molecule has 0 saturated heterocycles. The molecule has 0 saturated carbocycles. The highest BCUT2D eigenvalue weighted by molar-refractivity contribution is 5.67. The molecule has 1 rings (SSSR count). The summed E-state index contributed by atoms with van der Waals surface area (Å²) in [5.74, 6) is -0.662. The van der Waals surface area contributed by atoms with Crippen molar-refractivity contribution in [2.75, 3.05) is 6.54 Å². The number of alkyl carbamates (subject to hydrolysis) is 1. The van der Waals surface area contributed by atoms with E-state index in [0.717, 1.165) is 6.07 Å². The molecule has 2 unspecified atom stereocenters. The van der Waals surface area contributed by atoms with Gasteiger partial charge in [-0.15, -0.1) is 0 Å². The third-order valence-corrected chi connectivity index (χ3v) is 2.63. The quantitative estimate of drug-likeness (QED) is 0.732. The van der Waals surface area contributed by atoms with Gasteiger partial charge in [0.25, 0.3) is 0 Å². The fourth-order valence-electron chi connectivity index (χ4n) is 1.67. The molecule has 0 aliphatic carbocycles. The van der Waals surface area contributed by atoms with Gasteiger partial charge in [-0.2, -0.15) is 4.39 Å². The van der Waals surface area contributed by atoms with Gasteiger partial charge < -0.3 is 20.3 Å². The molecule has 0 spiro atoms. The van der Waals surface area contributed by atoms with Gasteiger partial charge in [0.15, 0.2) is 0 Å². The van der Waals surface area contributed by atoms with Gasteiger partial charge in [-0.05, 0) is 39.8 Å². The van der Waals surface area contributed by atoms with Crippen LogP contribution in [0.3, 0.4) is 0 Å². The third-order valence-electron chi connectivity index (χ3n) is 2.63. The van der Waals surface area contributed by atoms with Crippen molar-refractivity contribution in [3.05, 3.63) is 29.3 Å². The monoisotopic (exact) mass is 300 g/mol. The topological polar surface area (TPSA) is 91.7 Å². The highest BCUT2D eigenvalue weighted by Crippen LogP contribution is 2.19. The number of hydrogen-bond acceptors (Lipinski definition) is 5. The summed E-state index contributed by atoms with van der Waals surface area (Å²) >= 11 is 0. The lowest BCUT2D eigenvalue weighted by molar-refractivity contribution is 0.0124. The van der Waals surface area contributed by atoms with Gasteiger partial charge in [0.2, 0.25) is 5.95 Å². The van der Waals surface area contributed by atoms with Gasteiger partial charge in [-0.3, -0.25) is 0 Å². The van der Waals surface area contributed by atoms with E-state index < -0.39 is 29.8 Å². The van der Waals surface area contributed by atoms with Crippen molar-refractivity contribution in [1.29, 1.82) is 0 Å². The lowest BCUT2D eigenvalue weighted by atomic mass is 10.0. The predicted molar refractivity (Wildman–Crippen MR) is 74.1 cm³/mol. The highest BCUT2D eigenvalue weighted by Gasteiger charge is 2.23. The number of aliphatic hydroxyl groups is 2. The Morgan fingerprint density at radius 2 is 2.05 bits per heavy atom. The Hall–Kier alpha value is -1.73. The first kappa shape index (κ1) is 17.3. The third kappa shape index (κ3) is 5.65. The Kier molecular flexibility index (Phi) is 5.62. The number of nitrogens with one attached hydrogen (secondary N) is 1. The van der Waals surface area contributed by atoms with Crippen molar-refractivity contribution in [2.24, 2.45) is 0 Å². The number of carbonyl (C=O) groups excluding carboxylic acids is 1. The van der Waals surface area contributed by atoms with Crippen LogP contribution < -0.4 is 5.32 Å². The highest BCUT2D eigenvalue weighted by atomic mass is 19.1. The molecule has 1 aromatic rings. The molecule has 0 aliphatic rings. The minimum absolute atomic E-state index is 0.201. The average Bonchev–Trinajstić information content (AvgIpc) is 2.33. The zero-order valence-corrected chi connectivity index (χ0v) is 12.6. The number of aromatic nitrogens is 1. The molecule has 7 heteroatoms. The van der Waals surface area contributed by atoms with Crippen molar-refractivity contribution in [1.82, 2.24) is 10.3 Å². The number of ether oxygens (including phenoxy) is 1. The van der Waals surface area contributed by atoms with Crippen LogP contribution in [-0.4, -0.2) is 39.5 Å². The second kappa shape index (κ2) is 6.82. The number of nitrogens with zero attached hydrogens (tertiary/aromatic N) is 1. The molecule has 1 amide bonds. The van der Waals surface area contributed by atoms with Crippen molar-refractivity contribution in [3.8, 4) is 0 Å². The molecule has 0 aromatic carbocycles. The number of carbonyl (C=O) groups is 1. The van der Waals surface area contributed by atoms with Gasteiger partial charge in [-0.25, -0.2) is 9.78 Å². The maximum absolute atomic E-state index is 12.9. The molecule has 21 heavy (non-hydrogen) atoms. The van der Waals surface area contributed by atoms with Crippen LogP contribution in [0, 0.1) is 12.9 Å². The largest absolute Gasteiger partial charge is 0.444 e. The summed E-state index contributed by atoms with van der Waals surface area (Å²) in [6, 6.07) is 2.44. The van der Waals surface area contributed by atoms with Crippen molar-refractivity contribution in [2.45, 2.75) is 45.5 Å². The SMILES string of the molecule is Cc1nc(F)ccc1C(O)C(O)CNC(=O)OC(C)(C)C. The lowest BCUT2D eigenvalue weighted by Crippen LogP contribution is -2.39. The van der Waals surface area contributed by atoms with E-state index in [1.807, 2.05) is 0 Å². The van der Waals surface area contributed by atoms with Gasteiger partial charge >= 0.3 is 6.09 Å². The molecule has 2 atom stereocenters. The zero-order chi connectivity index (χ0) is 16.2. The molecule has 0 radical (unpaired) electrons. The first-order chi connectivity index (χ1) is 9.60. The molecule has 1 heterocycles. The van der Waals surface area contributed by atoms with Crippen LogP contribution in [0.2, 0.25) is 0 Å². The lowest BCUT2D eigenvalue weighted by Gasteiger charge is -2.22. The Bertz CT molecular complexity index is 502. The average molecular weight is 300 g/mol. The van der Waals surface area contributed by atoms with Crippen LogP contribution >= 0.6 is 0 Å². The van der Waals surface area contributed by atoms with E-state index in [9.17, 15) is 19.4 Å². The molecule has 0 fully saturated rings. The van der Waals surface area contributed by atoms with E-state index in [4.69, 9.17) is 4.74 Å². The minimum Gasteiger partial charge on any atom is -0.444 e. The van der Waals surface area contributed by atoms with Crippen LogP contribution in [0.4, 0.5) is 9.18 Å². The van der Waals surface area contributed by atoms with Gasteiger partial charge in [0.05, 0.1) is 0 Å². The normalized spacial score (nSPS) is 14.4. The number of rotatable bonds is 4. The summed E-state index contributed by atoms with van der Waals surface area (Å²) in [5.41, 5.74) is -0.0702. The van der Waals surface area contributed by atoms with E-state index in [1.54, 1.807) is 20.8 Å². The van der Waals surface area contributed by atoms with E-state index in [2.05, 4.69) is 10.3 Å². The molecular formula is C14H21FN2O4. The van der Waals surface area contributed by atoms with Crippen LogP contribution in [-0.2, 0) is 4.74 Å². The number of aryl methyl sites for hydroxylation is 1. The summed E-state index contributed by atoms with van der Waals surface area (Å²) in [4.78, 5) is 15.0. The number of halogens is 1.